The number of benzene rings is 2. The van der Waals surface area contributed by atoms with Crippen LogP contribution >= 0.6 is 10.5 Å². The highest BCUT2D eigenvalue weighted by Crippen LogP contribution is 2.39. The van der Waals surface area contributed by atoms with Crippen molar-refractivity contribution >= 4 is 21.9 Å². The number of rotatable bonds is 1. The minimum absolute atomic E-state index is 0.105. The number of hydrogen-bond acceptors (Lipinski definition) is 0. The van der Waals surface area contributed by atoms with Crippen LogP contribution in [0.1, 0.15) is 5.56 Å². The molecule has 2 aromatic carbocycles. The lowest BCUT2D eigenvalue weighted by molar-refractivity contribution is 1.38. The summed E-state index contributed by atoms with van der Waals surface area (Å²) in [5.74, 6) is 0. The van der Waals surface area contributed by atoms with Crippen molar-refractivity contribution < 1.29 is 0 Å². The molecule has 0 aromatic heterocycles. The van der Waals surface area contributed by atoms with Gasteiger partial charge in [-0.2, -0.15) is 0 Å². The predicted molar refractivity (Wildman–Crippen MR) is 72.1 cm³/mol. The normalized spacial score (nSPS) is 17.6. The number of allylic oxidation sites excluding steroid dienone is 1. The second-order valence-corrected chi connectivity index (χ2v) is 5.54. The fraction of sp³-hybridized carbons (Fsp3) is 0. The van der Waals surface area contributed by atoms with Crippen molar-refractivity contribution in [2.45, 2.75) is 9.79 Å². The van der Waals surface area contributed by atoms with Crippen molar-refractivity contribution in [3.63, 3.8) is 0 Å². The molecule has 0 saturated heterocycles. The summed E-state index contributed by atoms with van der Waals surface area (Å²) in [4.78, 5) is 2.82. The molecule has 1 aliphatic heterocycles. The van der Waals surface area contributed by atoms with Crippen LogP contribution in [0.25, 0.3) is 6.08 Å². The number of fused-ring (bicyclic) bond motifs is 1. The summed E-state index contributed by atoms with van der Waals surface area (Å²) in [6.07, 6.45) is 4.35. The highest BCUT2D eigenvalue weighted by molar-refractivity contribution is 8.15. The molecule has 78 valence electrons. The third-order valence-corrected chi connectivity index (χ3v) is 4.70. The maximum Gasteiger partial charge on any atom is 0.0135 e. The topological polar surface area (TPSA) is 0 Å². The van der Waals surface area contributed by atoms with Gasteiger partial charge in [-0.3, -0.25) is 0 Å². The van der Waals surface area contributed by atoms with Gasteiger partial charge in [0.05, 0.1) is 0 Å². The summed E-state index contributed by atoms with van der Waals surface area (Å²) in [5.41, 5.74) is 1.34. The van der Waals surface area contributed by atoms with Crippen molar-refractivity contribution in [3.05, 3.63) is 66.2 Å². The largest absolute Gasteiger partial charge is 0.123 e. The molecule has 16 heavy (non-hydrogen) atoms. The molecule has 0 aliphatic carbocycles. The number of hydrogen-bond donors (Lipinski definition) is 0. The third kappa shape index (κ3) is 1.63. The Labute approximate surface area is 98.2 Å². The molecule has 1 atom stereocenters. The second kappa shape index (κ2) is 4.11. The van der Waals surface area contributed by atoms with E-state index < -0.39 is 0 Å². The minimum atomic E-state index is 0.105. The van der Waals surface area contributed by atoms with Gasteiger partial charge in [0.15, 0.2) is 0 Å². The molecular weight excluding hydrogens is 212 g/mol. The van der Waals surface area contributed by atoms with Crippen LogP contribution in [0.2, 0.25) is 0 Å². The molecule has 2 aromatic rings. The molecule has 0 radical (unpaired) electrons. The summed E-state index contributed by atoms with van der Waals surface area (Å²) >= 11 is 0. The fourth-order valence-corrected chi connectivity index (χ4v) is 3.74. The van der Waals surface area contributed by atoms with Crippen molar-refractivity contribution in [2.75, 3.05) is 0 Å². The molecule has 0 spiro atoms. The molecule has 0 bridgehead atoms. The maximum absolute atomic E-state index is 2.29. The summed E-state index contributed by atoms with van der Waals surface area (Å²) in [5, 5.41) is 2.29. The van der Waals surface area contributed by atoms with E-state index in [1.165, 1.54) is 15.4 Å². The molecule has 1 unspecified atom stereocenters. The molecule has 1 heterocycles. The first-order valence-corrected chi connectivity index (χ1v) is 6.63. The van der Waals surface area contributed by atoms with Crippen LogP contribution in [0.4, 0.5) is 0 Å². The molecule has 0 saturated carbocycles. The van der Waals surface area contributed by atoms with Gasteiger partial charge in [-0.25, -0.2) is 0 Å². The van der Waals surface area contributed by atoms with Gasteiger partial charge in [0, 0.05) is 9.79 Å². The Morgan fingerprint density at radius 3 is 2.38 bits per heavy atom. The highest BCUT2D eigenvalue weighted by atomic mass is 32.2. The van der Waals surface area contributed by atoms with Gasteiger partial charge in [-0.05, 0) is 29.1 Å². The molecule has 3 rings (SSSR count). The van der Waals surface area contributed by atoms with E-state index in [0.717, 1.165) is 0 Å². The third-order valence-electron chi connectivity index (χ3n) is 2.64. The monoisotopic (exact) mass is 224 g/mol. The second-order valence-electron chi connectivity index (χ2n) is 3.68. The van der Waals surface area contributed by atoms with Crippen molar-refractivity contribution in [1.29, 1.82) is 0 Å². The predicted octanol–water partition coefficient (Wildman–Crippen LogP) is 4.20. The highest BCUT2D eigenvalue weighted by Gasteiger charge is 2.08. The van der Waals surface area contributed by atoms with E-state index in [-0.39, 0.29) is 10.5 Å². The SMILES string of the molecule is C1=Cc2ccccc2S(c2ccccc2)=C1. The Hall–Kier alpha value is -1.60. The van der Waals surface area contributed by atoms with Gasteiger partial charge >= 0.3 is 0 Å². The van der Waals surface area contributed by atoms with Gasteiger partial charge in [0.2, 0.25) is 0 Å². The standard InChI is InChI=1S/C15H12S/c1-2-9-14(10-3-1)16-12-6-8-13-7-4-5-11-15(13)16/h1-12H. The van der Waals surface area contributed by atoms with E-state index in [0.29, 0.717) is 0 Å². The Morgan fingerprint density at radius 2 is 1.50 bits per heavy atom. The average Bonchev–Trinajstić information content (AvgIpc) is 2.39. The zero-order valence-corrected chi connectivity index (χ0v) is 9.65. The van der Waals surface area contributed by atoms with Crippen LogP contribution in [0, 0.1) is 0 Å². The Bertz CT molecular complexity index is 565. The lowest BCUT2D eigenvalue weighted by Crippen LogP contribution is -1.88. The quantitative estimate of drug-likeness (QED) is 0.637. The van der Waals surface area contributed by atoms with E-state index in [4.69, 9.17) is 0 Å². The van der Waals surface area contributed by atoms with Crippen molar-refractivity contribution in [2.24, 2.45) is 0 Å². The first-order valence-electron chi connectivity index (χ1n) is 5.34. The van der Waals surface area contributed by atoms with Crippen molar-refractivity contribution in [1.82, 2.24) is 0 Å². The van der Waals surface area contributed by atoms with Crippen LogP contribution < -0.4 is 0 Å². The van der Waals surface area contributed by atoms with Crippen LogP contribution in [-0.2, 0) is 0 Å². The summed E-state index contributed by atoms with van der Waals surface area (Å²) < 4.78 is 0. The molecule has 1 aliphatic rings. The summed E-state index contributed by atoms with van der Waals surface area (Å²) in [7, 11) is 0.105. The molecule has 0 amide bonds. The van der Waals surface area contributed by atoms with Crippen LogP contribution in [-0.4, -0.2) is 5.37 Å². The van der Waals surface area contributed by atoms with Crippen LogP contribution in [0.15, 0.2) is 70.5 Å². The van der Waals surface area contributed by atoms with Crippen LogP contribution in [0.3, 0.4) is 0 Å². The molecular formula is C15H12S. The van der Waals surface area contributed by atoms with Gasteiger partial charge in [-0.15, -0.1) is 10.5 Å². The van der Waals surface area contributed by atoms with E-state index in [1.807, 2.05) is 0 Å². The van der Waals surface area contributed by atoms with Gasteiger partial charge in [0.25, 0.3) is 0 Å². The van der Waals surface area contributed by atoms with E-state index in [1.54, 1.807) is 0 Å². The minimum Gasteiger partial charge on any atom is -0.123 e. The first-order chi connectivity index (χ1) is 7.95. The average molecular weight is 224 g/mol. The van der Waals surface area contributed by atoms with E-state index in [2.05, 4.69) is 72.1 Å². The zero-order chi connectivity index (χ0) is 10.8. The van der Waals surface area contributed by atoms with Crippen molar-refractivity contribution in [3.8, 4) is 0 Å². The molecule has 1 heteroatoms. The van der Waals surface area contributed by atoms with Gasteiger partial charge < -0.3 is 0 Å². The lowest BCUT2D eigenvalue weighted by Gasteiger charge is -2.15. The van der Waals surface area contributed by atoms with E-state index in [9.17, 15) is 0 Å². The molecule has 0 nitrogen and oxygen atoms in total. The fourth-order valence-electron chi connectivity index (χ4n) is 1.89. The molecule has 0 N–H and O–H groups in total. The van der Waals surface area contributed by atoms with E-state index >= 15 is 0 Å². The van der Waals surface area contributed by atoms with Gasteiger partial charge in [-0.1, -0.05) is 48.6 Å². The molecule has 0 fully saturated rings. The Morgan fingerprint density at radius 1 is 0.750 bits per heavy atom. The van der Waals surface area contributed by atoms with Gasteiger partial charge in [0.1, 0.15) is 0 Å². The summed E-state index contributed by atoms with van der Waals surface area (Å²) in [6, 6.07) is 19.3. The zero-order valence-electron chi connectivity index (χ0n) is 8.84. The van der Waals surface area contributed by atoms with Crippen LogP contribution in [0.5, 0.6) is 0 Å². The Balaban J connectivity index is 2.18. The lowest BCUT2D eigenvalue weighted by atomic mass is 10.2. The maximum atomic E-state index is 2.29. The summed E-state index contributed by atoms with van der Waals surface area (Å²) in [6.45, 7) is 0. The smallest absolute Gasteiger partial charge is 0.0135 e. The first kappa shape index (κ1) is 9.61. The Kier molecular flexibility index (Phi) is 2.47.